The molecule has 4 rings (SSSR count). The van der Waals surface area contributed by atoms with Gasteiger partial charge in [-0.05, 0) is 42.5 Å². The monoisotopic (exact) mass is 484 g/mol. The molecule has 3 aromatic rings. The summed E-state index contributed by atoms with van der Waals surface area (Å²) in [6.07, 6.45) is 0. The molecular weight excluding hydrogens is 470 g/mol. The Bertz CT molecular complexity index is 1280. The fourth-order valence-electron chi connectivity index (χ4n) is 3.42. The molecule has 33 heavy (non-hydrogen) atoms. The molecule has 1 aliphatic rings. The number of ether oxygens (including phenoxy) is 3. The number of allylic oxidation sites excluding steroid dienone is 1. The average Bonchev–Trinajstić information content (AvgIpc) is 2.78. The van der Waals surface area contributed by atoms with Crippen LogP contribution in [0.4, 0.5) is 4.39 Å². The molecule has 0 bridgehead atoms. The number of halogens is 3. The van der Waals surface area contributed by atoms with E-state index in [1.165, 1.54) is 30.3 Å². The van der Waals surface area contributed by atoms with E-state index >= 15 is 0 Å². The van der Waals surface area contributed by atoms with Gasteiger partial charge < -0.3 is 19.9 Å². The summed E-state index contributed by atoms with van der Waals surface area (Å²) >= 11 is 12.1. The lowest BCUT2D eigenvalue weighted by Crippen LogP contribution is -2.22. The number of hydrogen-bond acceptors (Lipinski definition) is 6. The van der Waals surface area contributed by atoms with Crippen molar-refractivity contribution in [3.63, 3.8) is 0 Å². The highest BCUT2D eigenvalue weighted by Gasteiger charge is 2.34. The smallest absolute Gasteiger partial charge is 0.349 e. The Morgan fingerprint density at radius 2 is 1.85 bits per heavy atom. The summed E-state index contributed by atoms with van der Waals surface area (Å²) in [5, 5.41) is 10.3. The van der Waals surface area contributed by atoms with Crippen molar-refractivity contribution in [2.45, 2.75) is 5.92 Å². The van der Waals surface area contributed by atoms with Gasteiger partial charge in [-0.2, -0.15) is 5.26 Å². The van der Waals surface area contributed by atoms with E-state index in [4.69, 9.17) is 43.1 Å². The maximum Gasteiger partial charge on any atom is 0.349 e. The Balaban J connectivity index is 1.58. The maximum atomic E-state index is 14.7. The largest absolute Gasteiger partial charge is 0.482 e. The lowest BCUT2D eigenvalue weighted by Gasteiger charge is -2.27. The molecule has 1 aliphatic heterocycles. The van der Waals surface area contributed by atoms with Crippen molar-refractivity contribution in [3.8, 4) is 23.3 Å². The van der Waals surface area contributed by atoms with Gasteiger partial charge in [0.2, 0.25) is 5.88 Å². The normalized spacial score (nSPS) is 14.7. The number of nitrogens with two attached hydrogens (primary N) is 1. The molecule has 0 saturated heterocycles. The van der Waals surface area contributed by atoms with Crippen LogP contribution >= 0.6 is 23.2 Å². The van der Waals surface area contributed by atoms with Crippen molar-refractivity contribution < 1.29 is 23.4 Å². The molecule has 0 amide bonds. The van der Waals surface area contributed by atoms with Crippen LogP contribution < -0.4 is 19.9 Å². The minimum Gasteiger partial charge on any atom is -0.482 e. The topological polar surface area (TPSA) is 94.6 Å². The second-order valence-corrected chi connectivity index (χ2v) is 7.82. The first-order chi connectivity index (χ1) is 15.9. The van der Waals surface area contributed by atoms with Crippen molar-refractivity contribution in [1.82, 2.24) is 0 Å². The number of nitrogens with zero attached hydrogens (tertiary/aromatic N) is 1. The Labute approximate surface area is 198 Å². The van der Waals surface area contributed by atoms with Crippen LogP contribution in [0.5, 0.6) is 17.2 Å². The fraction of sp³-hybridized carbons (Fsp3) is 0.0833. The number of carbonyl (C=O) groups excluding carboxylic acids is 1. The van der Waals surface area contributed by atoms with E-state index in [0.29, 0.717) is 16.3 Å². The quantitative estimate of drug-likeness (QED) is 0.388. The van der Waals surface area contributed by atoms with Gasteiger partial charge in [-0.1, -0.05) is 35.3 Å². The summed E-state index contributed by atoms with van der Waals surface area (Å²) in [5.41, 5.74) is 6.51. The van der Waals surface area contributed by atoms with E-state index in [-0.39, 0.29) is 40.1 Å². The SMILES string of the molecule is N#CC1=C(N)Oc2cc(OC(=O)COc3ccc(Cl)cc3)ccc2C1c1c(F)cccc1Cl. The molecule has 0 fully saturated rings. The van der Waals surface area contributed by atoms with Gasteiger partial charge in [0.05, 0.1) is 5.92 Å². The molecular formula is C24H15Cl2FN2O4. The fourth-order valence-corrected chi connectivity index (χ4v) is 3.81. The second-order valence-electron chi connectivity index (χ2n) is 6.98. The predicted octanol–water partition coefficient (Wildman–Crippen LogP) is 5.34. The second kappa shape index (κ2) is 9.41. The first-order valence-corrected chi connectivity index (χ1v) is 10.4. The zero-order chi connectivity index (χ0) is 23.5. The van der Waals surface area contributed by atoms with Gasteiger partial charge in [0, 0.05) is 27.2 Å². The molecule has 1 heterocycles. The van der Waals surface area contributed by atoms with E-state index in [1.807, 2.05) is 6.07 Å². The molecule has 1 unspecified atom stereocenters. The zero-order valence-electron chi connectivity index (χ0n) is 16.8. The van der Waals surface area contributed by atoms with Gasteiger partial charge in [0.25, 0.3) is 0 Å². The molecule has 6 nitrogen and oxygen atoms in total. The minimum absolute atomic E-state index is 0.0237. The first kappa shape index (κ1) is 22.5. The molecule has 0 saturated carbocycles. The number of nitriles is 1. The summed E-state index contributed by atoms with van der Waals surface area (Å²) in [6.45, 7) is -0.340. The van der Waals surface area contributed by atoms with Crippen LogP contribution in [0, 0.1) is 17.1 Å². The molecule has 3 aromatic carbocycles. The molecule has 0 aromatic heterocycles. The van der Waals surface area contributed by atoms with Crippen molar-refractivity contribution in [2.24, 2.45) is 5.73 Å². The average molecular weight is 485 g/mol. The van der Waals surface area contributed by atoms with Crippen molar-refractivity contribution in [2.75, 3.05) is 6.61 Å². The Kier molecular flexibility index (Phi) is 6.40. The van der Waals surface area contributed by atoms with Gasteiger partial charge in [0.15, 0.2) is 6.61 Å². The summed E-state index contributed by atoms with van der Waals surface area (Å²) < 4.78 is 30.9. The number of esters is 1. The highest BCUT2D eigenvalue weighted by Crippen LogP contribution is 2.46. The van der Waals surface area contributed by atoms with Crippen LogP contribution in [-0.2, 0) is 4.79 Å². The van der Waals surface area contributed by atoms with Crippen LogP contribution in [0.1, 0.15) is 17.0 Å². The number of fused-ring (bicyclic) bond motifs is 1. The minimum atomic E-state index is -0.884. The molecule has 166 valence electrons. The van der Waals surface area contributed by atoms with Crippen LogP contribution in [-0.4, -0.2) is 12.6 Å². The Morgan fingerprint density at radius 3 is 2.55 bits per heavy atom. The van der Waals surface area contributed by atoms with Crippen molar-refractivity contribution in [3.05, 3.63) is 99.1 Å². The molecule has 0 radical (unpaired) electrons. The van der Waals surface area contributed by atoms with Crippen LogP contribution in [0.2, 0.25) is 10.0 Å². The maximum absolute atomic E-state index is 14.7. The van der Waals surface area contributed by atoms with Crippen LogP contribution in [0.3, 0.4) is 0 Å². The summed E-state index contributed by atoms with van der Waals surface area (Å²) in [4.78, 5) is 12.2. The molecule has 1 atom stereocenters. The van der Waals surface area contributed by atoms with Crippen LogP contribution in [0.15, 0.2) is 72.1 Å². The Morgan fingerprint density at radius 1 is 1.12 bits per heavy atom. The third kappa shape index (κ3) is 4.72. The Hall–Kier alpha value is -3.73. The first-order valence-electron chi connectivity index (χ1n) is 9.62. The van der Waals surface area contributed by atoms with Gasteiger partial charge >= 0.3 is 5.97 Å². The molecule has 0 aliphatic carbocycles. The zero-order valence-corrected chi connectivity index (χ0v) is 18.4. The van der Waals surface area contributed by atoms with Gasteiger partial charge in [0.1, 0.15) is 34.7 Å². The van der Waals surface area contributed by atoms with E-state index < -0.39 is 17.7 Å². The number of hydrogen-bond donors (Lipinski definition) is 1. The lowest BCUT2D eigenvalue weighted by atomic mass is 9.83. The van der Waals surface area contributed by atoms with Crippen LogP contribution in [0.25, 0.3) is 0 Å². The number of benzene rings is 3. The predicted molar refractivity (Wildman–Crippen MR) is 120 cm³/mol. The molecule has 2 N–H and O–H groups in total. The van der Waals surface area contributed by atoms with Crippen molar-refractivity contribution >= 4 is 29.2 Å². The third-order valence-electron chi connectivity index (χ3n) is 4.88. The standard InChI is InChI=1S/C24H15Cl2FN2O4/c25-13-4-6-14(7-5-13)31-12-21(30)32-15-8-9-16-20(10-15)33-24(29)17(11-28)22(16)23-18(26)2-1-3-19(23)27/h1-10,22H,12,29H2. The summed E-state index contributed by atoms with van der Waals surface area (Å²) in [6, 6.07) is 17.2. The van der Waals surface area contributed by atoms with Crippen molar-refractivity contribution in [1.29, 1.82) is 5.26 Å². The lowest BCUT2D eigenvalue weighted by molar-refractivity contribution is -0.136. The molecule has 0 spiro atoms. The van der Waals surface area contributed by atoms with Gasteiger partial charge in [-0.3, -0.25) is 0 Å². The van der Waals surface area contributed by atoms with Gasteiger partial charge in [-0.15, -0.1) is 0 Å². The van der Waals surface area contributed by atoms with E-state index in [0.717, 1.165) is 0 Å². The summed E-state index contributed by atoms with van der Waals surface area (Å²) in [5.74, 6) is -1.50. The summed E-state index contributed by atoms with van der Waals surface area (Å²) in [7, 11) is 0. The van der Waals surface area contributed by atoms with E-state index in [2.05, 4.69) is 0 Å². The number of carbonyl (C=O) groups is 1. The van der Waals surface area contributed by atoms with E-state index in [9.17, 15) is 14.4 Å². The highest BCUT2D eigenvalue weighted by atomic mass is 35.5. The van der Waals surface area contributed by atoms with E-state index in [1.54, 1.807) is 30.3 Å². The van der Waals surface area contributed by atoms with Gasteiger partial charge in [-0.25, -0.2) is 9.18 Å². The molecule has 9 heteroatoms. The highest BCUT2D eigenvalue weighted by molar-refractivity contribution is 6.31. The number of rotatable bonds is 5. The third-order valence-corrected chi connectivity index (χ3v) is 5.46.